The standard InChI is InChI=1S/C18H26N2O2.ClH/c1-22-16-8-6-14(7-9-16)4-5-15-3-2-12-20(13-15)17(21)18(19)10-11-18;/h6-9,15H,2-5,10-13,19H2,1H3;1H. The van der Waals surface area contributed by atoms with E-state index in [9.17, 15) is 4.79 Å². The van der Waals surface area contributed by atoms with Gasteiger partial charge in [0.25, 0.3) is 0 Å². The van der Waals surface area contributed by atoms with Crippen molar-refractivity contribution >= 4 is 18.3 Å². The lowest BCUT2D eigenvalue weighted by atomic mass is 9.91. The van der Waals surface area contributed by atoms with E-state index < -0.39 is 5.54 Å². The number of nitrogens with two attached hydrogens (primary N) is 1. The number of aryl methyl sites for hydroxylation is 1. The molecule has 2 fully saturated rings. The van der Waals surface area contributed by atoms with Gasteiger partial charge in [-0.3, -0.25) is 4.79 Å². The van der Waals surface area contributed by atoms with E-state index in [4.69, 9.17) is 10.5 Å². The van der Waals surface area contributed by atoms with Crippen molar-refractivity contribution in [2.45, 2.75) is 44.1 Å². The number of carbonyl (C=O) groups excluding carboxylic acids is 1. The van der Waals surface area contributed by atoms with Crippen LogP contribution in [0.3, 0.4) is 0 Å². The molecule has 5 heteroatoms. The SMILES string of the molecule is COc1ccc(CCC2CCCN(C(=O)C3(N)CC3)C2)cc1.Cl. The molecule has 1 saturated carbocycles. The maximum atomic E-state index is 12.4. The largest absolute Gasteiger partial charge is 0.497 e. The van der Waals surface area contributed by atoms with Gasteiger partial charge in [-0.1, -0.05) is 12.1 Å². The molecule has 23 heavy (non-hydrogen) atoms. The maximum Gasteiger partial charge on any atom is 0.242 e. The topological polar surface area (TPSA) is 55.6 Å². The Hall–Kier alpha value is -1.26. The predicted octanol–water partition coefficient (Wildman–Crippen LogP) is 2.78. The van der Waals surface area contributed by atoms with Gasteiger partial charge in [0.2, 0.25) is 5.91 Å². The zero-order valence-corrected chi connectivity index (χ0v) is 14.6. The number of benzene rings is 1. The smallest absolute Gasteiger partial charge is 0.242 e. The van der Waals surface area contributed by atoms with Crippen LogP contribution in [0.5, 0.6) is 5.75 Å². The first-order chi connectivity index (χ1) is 10.6. The monoisotopic (exact) mass is 338 g/mol. The second kappa shape index (κ2) is 7.54. The number of ether oxygens (including phenoxy) is 1. The second-order valence-corrected chi connectivity index (χ2v) is 6.80. The minimum Gasteiger partial charge on any atom is -0.497 e. The molecular formula is C18H27ClN2O2. The van der Waals surface area contributed by atoms with Crippen molar-refractivity contribution in [3.8, 4) is 5.75 Å². The summed E-state index contributed by atoms with van der Waals surface area (Å²) in [6.07, 6.45) is 6.24. The Kier molecular flexibility index (Phi) is 5.93. The number of hydrogen-bond donors (Lipinski definition) is 1. The Morgan fingerprint density at radius 3 is 2.65 bits per heavy atom. The molecule has 2 aliphatic rings. The number of likely N-dealkylation sites (tertiary alicyclic amines) is 1. The Labute approximate surface area is 144 Å². The number of amides is 1. The van der Waals surface area contributed by atoms with Gasteiger partial charge in [0, 0.05) is 13.1 Å². The summed E-state index contributed by atoms with van der Waals surface area (Å²) in [4.78, 5) is 14.4. The molecular weight excluding hydrogens is 312 g/mol. The van der Waals surface area contributed by atoms with Crippen LogP contribution in [0.1, 0.15) is 37.7 Å². The van der Waals surface area contributed by atoms with Crippen molar-refractivity contribution in [3.05, 3.63) is 29.8 Å². The summed E-state index contributed by atoms with van der Waals surface area (Å²) in [7, 11) is 1.69. The van der Waals surface area contributed by atoms with E-state index in [1.165, 1.54) is 12.0 Å². The van der Waals surface area contributed by atoms with Gasteiger partial charge in [0.05, 0.1) is 12.6 Å². The maximum absolute atomic E-state index is 12.4. The van der Waals surface area contributed by atoms with E-state index in [0.717, 1.165) is 50.9 Å². The van der Waals surface area contributed by atoms with Crippen molar-refractivity contribution in [1.82, 2.24) is 4.90 Å². The highest BCUT2D eigenvalue weighted by Gasteiger charge is 2.48. The molecule has 3 rings (SSSR count). The van der Waals surface area contributed by atoms with Gasteiger partial charge >= 0.3 is 0 Å². The van der Waals surface area contributed by atoms with Crippen LogP contribution in [-0.4, -0.2) is 36.5 Å². The van der Waals surface area contributed by atoms with E-state index in [2.05, 4.69) is 12.1 Å². The summed E-state index contributed by atoms with van der Waals surface area (Å²) < 4.78 is 5.19. The number of methoxy groups -OCH3 is 1. The molecule has 2 N–H and O–H groups in total. The molecule has 4 nitrogen and oxygen atoms in total. The number of hydrogen-bond acceptors (Lipinski definition) is 3. The summed E-state index contributed by atoms with van der Waals surface area (Å²) in [5.41, 5.74) is 6.87. The molecule has 0 bridgehead atoms. The summed E-state index contributed by atoms with van der Waals surface area (Å²) in [6.45, 7) is 1.77. The van der Waals surface area contributed by atoms with Crippen LogP contribution >= 0.6 is 12.4 Å². The van der Waals surface area contributed by atoms with Crippen LogP contribution in [0.25, 0.3) is 0 Å². The zero-order valence-electron chi connectivity index (χ0n) is 13.8. The van der Waals surface area contributed by atoms with Crippen molar-refractivity contribution in [2.75, 3.05) is 20.2 Å². The number of rotatable bonds is 5. The van der Waals surface area contributed by atoms with Gasteiger partial charge in [-0.15, -0.1) is 12.4 Å². The fourth-order valence-electron chi connectivity index (χ4n) is 3.31. The van der Waals surface area contributed by atoms with Gasteiger partial charge in [-0.05, 0) is 62.1 Å². The van der Waals surface area contributed by atoms with Crippen LogP contribution in [0, 0.1) is 5.92 Å². The minimum absolute atomic E-state index is 0. The van der Waals surface area contributed by atoms with Gasteiger partial charge in [0.15, 0.2) is 0 Å². The zero-order chi connectivity index (χ0) is 15.6. The van der Waals surface area contributed by atoms with Crippen LogP contribution < -0.4 is 10.5 Å². The summed E-state index contributed by atoms with van der Waals surface area (Å²) >= 11 is 0. The normalized spacial score (nSPS) is 22.2. The predicted molar refractivity (Wildman–Crippen MR) is 94.0 cm³/mol. The quantitative estimate of drug-likeness (QED) is 0.898. The Bertz CT molecular complexity index is 528. The van der Waals surface area contributed by atoms with Gasteiger partial charge < -0.3 is 15.4 Å². The van der Waals surface area contributed by atoms with E-state index >= 15 is 0 Å². The molecule has 1 aromatic rings. The molecule has 128 valence electrons. The molecule has 1 amide bonds. The Morgan fingerprint density at radius 1 is 1.35 bits per heavy atom. The van der Waals surface area contributed by atoms with Crippen molar-refractivity contribution in [2.24, 2.45) is 11.7 Å². The molecule has 1 unspecified atom stereocenters. The molecule has 0 radical (unpaired) electrons. The summed E-state index contributed by atoms with van der Waals surface area (Å²) in [6, 6.07) is 8.28. The highest BCUT2D eigenvalue weighted by molar-refractivity contribution is 5.89. The molecule has 1 aliphatic carbocycles. The highest BCUT2D eigenvalue weighted by atomic mass is 35.5. The fraction of sp³-hybridized carbons (Fsp3) is 0.611. The number of piperidine rings is 1. The van der Waals surface area contributed by atoms with E-state index in [1.807, 2.05) is 17.0 Å². The highest BCUT2D eigenvalue weighted by Crippen LogP contribution is 2.35. The summed E-state index contributed by atoms with van der Waals surface area (Å²) in [5.74, 6) is 1.68. The lowest BCUT2D eigenvalue weighted by Crippen LogP contribution is -2.49. The van der Waals surface area contributed by atoms with Crippen LogP contribution in [-0.2, 0) is 11.2 Å². The third-order valence-electron chi connectivity index (χ3n) is 5.02. The Balaban J connectivity index is 0.00000192. The molecule has 0 aromatic heterocycles. The minimum atomic E-state index is -0.516. The molecule has 1 aliphatic heterocycles. The van der Waals surface area contributed by atoms with E-state index in [1.54, 1.807) is 7.11 Å². The van der Waals surface area contributed by atoms with Crippen molar-refractivity contribution in [1.29, 1.82) is 0 Å². The first-order valence-corrected chi connectivity index (χ1v) is 8.32. The third-order valence-corrected chi connectivity index (χ3v) is 5.02. The molecule has 1 aromatic carbocycles. The van der Waals surface area contributed by atoms with Gasteiger partial charge in [-0.2, -0.15) is 0 Å². The fourth-order valence-corrected chi connectivity index (χ4v) is 3.31. The first kappa shape index (κ1) is 18.1. The van der Waals surface area contributed by atoms with Crippen molar-refractivity contribution < 1.29 is 9.53 Å². The average Bonchev–Trinajstić information content (AvgIpc) is 3.32. The van der Waals surface area contributed by atoms with E-state index in [-0.39, 0.29) is 18.3 Å². The lowest BCUT2D eigenvalue weighted by Gasteiger charge is -2.34. The second-order valence-electron chi connectivity index (χ2n) is 6.80. The van der Waals surface area contributed by atoms with Gasteiger partial charge in [-0.25, -0.2) is 0 Å². The number of halogens is 1. The summed E-state index contributed by atoms with van der Waals surface area (Å²) in [5, 5.41) is 0. The lowest BCUT2D eigenvalue weighted by molar-refractivity contribution is -0.135. The van der Waals surface area contributed by atoms with E-state index in [0.29, 0.717) is 5.92 Å². The van der Waals surface area contributed by atoms with Gasteiger partial charge in [0.1, 0.15) is 5.75 Å². The molecule has 1 heterocycles. The van der Waals surface area contributed by atoms with Crippen LogP contribution in [0.4, 0.5) is 0 Å². The number of carbonyl (C=O) groups is 1. The van der Waals surface area contributed by atoms with Crippen LogP contribution in [0.2, 0.25) is 0 Å². The Morgan fingerprint density at radius 2 is 2.04 bits per heavy atom. The number of nitrogens with zero attached hydrogens (tertiary/aromatic N) is 1. The third kappa shape index (κ3) is 4.39. The average molecular weight is 339 g/mol. The van der Waals surface area contributed by atoms with Crippen LogP contribution in [0.15, 0.2) is 24.3 Å². The van der Waals surface area contributed by atoms with Crippen molar-refractivity contribution in [3.63, 3.8) is 0 Å². The first-order valence-electron chi connectivity index (χ1n) is 8.32. The molecule has 1 saturated heterocycles. The molecule has 0 spiro atoms. The molecule has 1 atom stereocenters.